The molecule has 0 unspecified atom stereocenters. The molecular weight excluding hydrogens is 273 g/mol. The van der Waals surface area contributed by atoms with E-state index in [9.17, 15) is 4.39 Å². The molecule has 0 fully saturated rings. The minimum Gasteiger partial charge on any atom is -0.331 e. The molecule has 3 nitrogen and oxygen atoms in total. The molecule has 0 atom stereocenters. The Balaban J connectivity index is 1.87. The number of benzene rings is 1. The monoisotopic (exact) mass is 285 g/mol. The van der Waals surface area contributed by atoms with Gasteiger partial charge in [-0.05, 0) is 31.2 Å². The normalized spacial score (nSPS) is 10.5. The number of hydrogen-bond acceptors (Lipinski definition) is 4. The van der Waals surface area contributed by atoms with E-state index < -0.39 is 0 Å². The lowest BCUT2D eigenvalue weighted by atomic mass is 10.2. The molecule has 0 radical (unpaired) electrons. The van der Waals surface area contributed by atoms with E-state index in [4.69, 9.17) is 0 Å². The van der Waals surface area contributed by atoms with Crippen LogP contribution in [0, 0.1) is 12.1 Å². The molecule has 3 rings (SSSR count). The number of pyridine rings is 1. The minimum absolute atomic E-state index is 0.312. The highest BCUT2D eigenvalue weighted by atomic mass is 32.1. The molecule has 3 aromatic rings. The summed E-state index contributed by atoms with van der Waals surface area (Å²) in [5.41, 5.74) is 3.08. The highest BCUT2D eigenvalue weighted by Gasteiger charge is 2.13. The van der Waals surface area contributed by atoms with Gasteiger partial charge in [-0.25, -0.2) is 4.98 Å². The van der Waals surface area contributed by atoms with Crippen LogP contribution >= 0.6 is 11.3 Å². The molecule has 20 heavy (non-hydrogen) atoms. The molecule has 0 aliphatic rings. The van der Waals surface area contributed by atoms with E-state index in [1.807, 2.05) is 31.2 Å². The first-order valence-electron chi connectivity index (χ1n) is 6.13. The highest BCUT2D eigenvalue weighted by molar-refractivity contribution is 7.14. The summed E-state index contributed by atoms with van der Waals surface area (Å²) in [6.07, 6.45) is 3.26. The smallest absolute Gasteiger partial charge is 0.206 e. The molecule has 0 bridgehead atoms. The fraction of sp³-hybridized carbons (Fsp3) is 0.0667. The lowest BCUT2D eigenvalue weighted by Gasteiger charge is -2.02. The second-order valence-electron chi connectivity index (χ2n) is 4.37. The van der Waals surface area contributed by atoms with E-state index in [0.717, 1.165) is 17.0 Å². The van der Waals surface area contributed by atoms with E-state index in [1.165, 1.54) is 5.56 Å². The minimum atomic E-state index is -0.312. The van der Waals surface area contributed by atoms with Crippen molar-refractivity contribution < 1.29 is 4.39 Å². The van der Waals surface area contributed by atoms with Crippen molar-refractivity contribution >= 4 is 22.2 Å². The predicted octanol–water partition coefficient (Wildman–Crippen LogP) is 4.40. The van der Waals surface area contributed by atoms with E-state index in [1.54, 1.807) is 24.5 Å². The van der Waals surface area contributed by atoms with Gasteiger partial charge in [-0.15, -0.1) is 0 Å². The van der Waals surface area contributed by atoms with Gasteiger partial charge in [0.1, 0.15) is 5.69 Å². The molecule has 0 aliphatic carbocycles. The fourth-order valence-electron chi connectivity index (χ4n) is 1.80. The van der Waals surface area contributed by atoms with Gasteiger partial charge < -0.3 is 5.32 Å². The molecule has 1 aromatic carbocycles. The van der Waals surface area contributed by atoms with Gasteiger partial charge in [-0.1, -0.05) is 29.0 Å². The van der Waals surface area contributed by atoms with Crippen molar-refractivity contribution in [2.45, 2.75) is 6.92 Å². The van der Waals surface area contributed by atoms with Crippen molar-refractivity contribution in [2.24, 2.45) is 0 Å². The number of hydrogen-bond donors (Lipinski definition) is 1. The molecule has 0 amide bonds. The number of nitrogens with zero attached hydrogens (tertiary/aromatic N) is 2. The summed E-state index contributed by atoms with van der Waals surface area (Å²) in [6, 6.07) is 11.4. The first-order valence-corrected chi connectivity index (χ1v) is 6.94. The zero-order valence-corrected chi connectivity index (χ0v) is 11.6. The van der Waals surface area contributed by atoms with Crippen LogP contribution in [0.4, 0.5) is 15.2 Å². The third-order valence-corrected chi connectivity index (χ3v) is 3.58. The maximum absolute atomic E-state index is 14.0. The van der Waals surface area contributed by atoms with Gasteiger partial charge in [-0.3, -0.25) is 4.98 Å². The number of thiazole rings is 1. The van der Waals surface area contributed by atoms with Gasteiger partial charge in [0.25, 0.3) is 0 Å². The maximum Gasteiger partial charge on any atom is 0.206 e. The van der Waals surface area contributed by atoms with Crippen molar-refractivity contribution in [2.75, 3.05) is 5.32 Å². The molecule has 5 heteroatoms. The van der Waals surface area contributed by atoms with Gasteiger partial charge in [-0.2, -0.15) is 4.39 Å². The maximum atomic E-state index is 14.0. The Morgan fingerprint density at radius 3 is 2.65 bits per heavy atom. The number of halogens is 1. The Kier molecular flexibility index (Phi) is 3.43. The number of aromatic nitrogens is 2. The Labute approximate surface area is 120 Å². The first kappa shape index (κ1) is 12.7. The van der Waals surface area contributed by atoms with Gasteiger partial charge >= 0.3 is 0 Å². The standard InChI is InChI=1S/C15H12FN3S/c1-10-4-6-12(7-5-10)18-15-19-13(14(16)20-15)11-3-2-8-17-9-11/h2-9H,1H3,(H,18,19). The average molecular weight is 285 g/mol. The third-order valence-electron chi connectivity index (χ3n) is 2.82. The summed E-state index contributed by atoms with van der Waals surface area (Å²) in [4.78, 5) is 8.27. The average Bonchev–Trinajstić information content (AvgIpc) is 2.83. The molecule has 0 aliphatic heterocycles. The predicted molar refractivity (Wildman–Crippen MR) is 79.8 cm³/mol. The summed E-state index contributed by atoms with van der Waals surface area (Å²) in [7, 11) is 0. The van der Waals surface area contributed by atoms with Crippen LogP contribution in [0.25, 0.3) is 11.3 Å². The van der Waals surface area contributed by atoms with E-state index >= 15 is 0 Å². The Morgan fingerprint density at radius 1 is 1.15 bits per heavy atom. The topological polar surface area (TPSA) is 37.8 Å². The van der Waals surface area contributed by atoms with Gasteiger partial charge in [0.2, 0.25) is 5.13 Å². The molecule has 100 valence electrons. The van der Waals surface area contributed by atoms with Crippen molar-refractivity contribution in [1.82, 2.24) is 9.97 Å². The lowest BCUT2D eigenvalue weighted by Crippen LogP contribution is -1.89. The molecule has 0 saturated heterocycles. The van der Waals surface area contributed by atoms with Crippen molar-refractivity contribution in [3.8, 4) is 11.3 Å². The molecular formula is C15H12FN3S. The van der Waals surface area contributed by atoms with Crippen LogP contribution in [-0.4, -0.2) is 9.97 Å². The zero-order chi connectivity index (χ0) is 13.9. The van der Waals surface area contributed by atoms with Crippen LogP contribution in [0.1, 0.15) is 5.56 Å². The first-order chi connectivity index (χ1) is 9.72. The Bertz CT molecular complexity index is 708. The number of aryl methyl sites for hydroxylation is 1. The Hall–Kier alpha value is -2.27. The third kappa shape index (κ3) is 2.67. The summed E-state index contributed by atoms with van der Waals surface area (Å²) >= 11 is 0.992. The second kappa shape index (κ2) is 5.38. The van der Waals surface area contributed by atoms with E-state index in [2.05, 4.69) is 15.3 Å². The van der Waals surface area contributed by atoms with E-state index in [-0.39, 0.29) is 5.13 Å². The van der Waals surface area contributed by atoms with Crippen molar-refractivity contribution in [3.05, 3.63) is 59.5 Å². The van der Waals surface area contributed by atoms with Crippen LogP contribution < -0.4 is 5.32 Å². The number of anilines is 2. The summed E-state index contributed by atoms with van der Waals surface area (Å²) in [6.45, 7) is 2.02. The van der Waals surface area contributed by atoms with Crippen LogP contribution in [0.15, 0.2) is 48.8 Å². The second-order valence-corrected chi connectivity index (χ2v) is 5.32. The summed E-state index contributed by atoms with van der Waals surface area (Å²) < 4.78 is 14.0. The van der Waals surface area contributed by atoms with Crippen molar-refractivity contribution in [3.63, 3.8) is 0 Å². The summed E-state index contributed by atoms with van der Waals surface area (Å²) in [5, 5.41) is 3.33. The van der Waals surface area contributed by atoms with Crippen LogP contribution in [0.5, 0.6) is 0 Å². The number of rotatable bonds is 3. The fourth-order valence-corrected chi connectivity index (χ4v) is 2.53. The Morgan fingerprint density at radius 2 is 1.95 bits per heavy atom. The zero-order valence-electron chi connectivity index (χ0n) is 10.8. The van der Waals surface area contributed by atoms with Crippen LogP contribution in [0.3, 0.4) is 0 Å². The number of nitrogens with one attached hydrogen (secondary N) is 1. The van der Waals surface area contributed by atoms with Crippen molar-refractivity contribution in [1.29, 1.82) is 0 Å². The van der Waals surface area contributed by atoms with Gasteiger partial charge in [0, 0.05) is 23.6 Å². The highest BCUT2D eigenvalue weighted by Crippen LogP contribution is 2.30. The SMILES string of the molecule is Cc1ccc(Nc2nc(-c3cccnc3)c(F)s2)cc1. The van der Waals surface area contributed by atoms with Crippen LogP contribution in [-0.2, 0) is 0 Å². The lowest BCUT2D eigenvalue weighted by molar-refractivity contribution is 0.657. The largest absolute Gasteiger partial charge is 0.331 e. The van der Waals surface area contributed by atoms with Gasteiger partial charge in [0.15, 0.2) is 5.13 Å². The summed E-state index contributed by atoms with van der Waals surface area (Å²) in [5.74, 6) is 0. The molecule has 2 heterocycles. The van der Waals surface area contributed by atoms with Crippen LogP contribution in [0.2, 0.25) is 0 Å². The van der Waals surface area contributed by atoms with Gasteiger partial charge in [0.05, 0.1) is 0 Å². The molecule has 2 aromatic heterocycles. The molecule has 1 N–H and O–H groups in total. The molecule has 0 spiro atoms. The van der Waals surface area contributed by atoms with E-state index in [0.29, 0.717) is 16.4 Å². The molecule has 0 saturated carbocycles. The quantitative estimate of drug-likeness (QED) is 0.775.